The zero-order chi connectivity index (χ0) is 22.4. The summed E-state index contributed by atoms with van der Waals surface area (Å²) in [5.41, 5.74) is -0.883. The van der Waals surface area contributed by atoms with Gasteiger partial charge in [0.1, 0.15) is 12.4 Å². The Bertz CT molecular complexity index is 927. The van der Waals surface area contributed by atoms with Crippen LogP contribution in [0.25, 0.3) is 0 Å². The second-order valence-electron chi connectivity index (χ2n) is 7.33. The number of carbonyl (C=O) groups excluding carboxylic acids is 2. The van der Waals surface area contributed by atoms with E-state index in [4.69, 9.17) is 0 Å². The van der Waals surface area contributed by atoms with Crippen LogP contribution in [0.4, 0.5) is 24.7 Å². The molecule has 1 saturated heterocycles. The summed E-state index contributed by atoms with van der Waals surface area (Å²) in [7, 11) is 0. The summed E-state index contributed by atoms with van der Waals surface area (Å²) in [6.07, 6.45) is 0.194. The highest BCUT2D eigenvalue weighted by molar-refractivity contribution is 6.02. The molecule has 9 heteroatoms. The fourth-order valence-electron chi connectivity index (χ4n) is 3.62. The van der Waals surface area contributed by atoms with Gasteiger partial charge in [0.2, 0.25) is 5.91 Å². The molecule has 3 rings (SSSR count). The number of amides is 2. The van der Waals surface area contributed by atoms with Gasteiger partial charge in [-0.1, -0.05) is 12.1 Å². The Hall–Kier alpha value is -3.10. The number of para-hydroxylation sites is 1. The van der Waals surface area contributed by atoms with Crippen LogP contribution in [0.1, 0.15) is 42.1 Å². The van der Waals surface area contributed by atoms with Crippen LogP contribution < -0.4 is 10.2 Å². The van der Waals surface area contributed by atoms with Gasteiger partial charge in [-0.2, -0.15) is 13.2 Å². The molecule has 1 aromatic heterocycles. The number of nitrogens with zero attached hydrogens (tertiary/aromatic N) is 3. The molecule has 1 aliphatic rings. The molecule has 0 aliphatic carbocycles. The van der Waals surface area contributed by atoms with Crippen molar-refractivity contribution in [2.24, 2.45) is 0 Å². The molecule has 0 saturated carbocycles. The van der Waals surface area contributed by atoms with Crippen LogP contribution in [-0.2, 0) is 11.0 Å². The Labute approximate surface area is 179 Å². The minimum absolute atomic E-state index is 0.224. The molecule has 6 nitrogen and oxygen atoms in total. The average molecular weight is 434 g/mol. The largest absolute Gasteiger partial charge is 0.418 e. The van der Waals surface area contributed by atoms with Crippen molar-refractivity contribution in [3.8, 4) is 0 Å². The van der Waals surface area contributed by atoms with Crippen LogP contribution >= 0.6 is 0 Å². The number of alkyl halides is 3. The average Bonchev–Trinajstić information content (AvgIpc) is 2.77. The minimum Gasteiger partial charge on any atom is -0.356 e. The van der Waals surface area contributed by atoms with Gasteiger partial charge in [0.25, 0.3) is 5.91 Å². The molecule has 1 fully saturated rings. The zero-order valence-electron chi connectivity index (χ0n) is 17.3. The quantitative estimate of drug-likeness (QED) is 0.741. The molecule has 1 aromatic carbocycles. The second kappa shape index (κ2) is 9.80. The SMILES string of the molecule is CCN(CC(=O)Nc1ccccc1C(F)(F)F)C(=O)c1cccnc1N1CCCCC1. The molecule has 2 aromatic rings. The number of halogens is 3. The number of benzene rings is 1. The second-order valence-corrected chi connectivity index (χ2v) is 7.33. The van der Waals surface area contributed by atoms with Crippen LogP contribution in [0.15, 0.2) is 42.6 Å². The van der Waals surface area contributed by atoms with Crippen LogP contribution in [0.3, 0.4) is 0 Å². The number of likely N-dealkylation sites (N-methyl/N-ethyl adjacent to an activating group) is 1. The molecule has 0 unspecified atom stereocenters. The van der Waals surface area contributed by atoms with E-state index in [9.17, 15) is 22.8 Å². The molecule has 31 heavy (non-hydrogen) atoms. The normalized spacial score (nSPS) is 14.3. The summed E-state index contributed by atoms with van der Waals surface area (Å²) in [6, 6.07) is 8.08. The fourth-order valence-corrected chi connectivity index (χ4v) is 3.62. The Balaban J connectivity index is 1.75. The number of hydrogen-bond acceptors (Lipinski definition) is 4. The van der Waals surface area contributed by atoms with E-state index in [1.54, 1.807) is 25.3 Å². The third-order valence-electron chi connectivity index (χ3n) is 5.18. The maximum atomic E-state index is 13.2. The molecule has 1 aliphatic heterocycles. The smallest absolute Gasteiger partial charge is 0.356 e. The molecular weight excluding hydrogens is 409 g/mol. The number of aromatic nitrogens is 1. The van der Waals surface area contributed by atoms with Crippen LogP contribution in [0, 0.1) is 0 Å². The molecule has 0 atom stereocenters. The van der Waals surface area contributed by atoms with Crippen LogP contribution in [-0.4, -0.2) is 47.9 Å². The lowest BCUT2D eigenvalue weighted by Crippen LogP contribution is -2.39. The van der Waals surface area contributed by atoms with Gasteiger partial charge in [-0.05, 0) is 50.5 Å². The Morgan fingerprint density at radius 3 is 2.48 bits per heavy atom. The van der Waals surface area contributed by atoms with Crippen molar-refractivity contribution in [3.05, 3.63) is 53.7 Å². The minimum atomic E-state index is -4.59. The van der Waals surface area contributed by atoms with E-state index in [0.717, 1.165) is 38.4 Å². The van der Waals surface area contributed by atoms with E-state index >= 15 is 0 Å². The van der Waals surface area contributed by atoms with Gasteiger partial charge in [0.05, 0.1) is 16.8 Å². The Kier molecular flexibility index (Phi) is 7.14. The van der Waals surface area contributed by atoms with Crippen molar-refractivity contribution in [1.82, 2.24) is 9.88 Å². The molecule has 1 N–H and O–H groups in total. The summed E-state index contributed by atoms with van der Waals surface area (Å²) >= 11 is 0. The van der Waals surface area contributed by atoms with Crippen molar-refractivity contribution >= 4 is 23.3 Å². The zero-order valence-corrected chi connectivity index (χ0v) is 17.3. The summed E-state index contributed by atoms with van der Waals surface area (Å²) in [4.78, 5) is 33.4. The number of nitrogens with one attached hydrogen (secondary N) is 1. The summed E-state index contributed by atoms with van der Waals surface area (Å²) in [6.45, 7) is 3.18. The first-order chi connectivity index (χ1) is 14.8. The van der Waals surface area contributed by atoms with Crippen molar-refractivity contribution in [2.75, 3.05) is 36.4 Å². The van der Waals surface area contributed by atoms with Crippen molar-refractivity contribution in [1.29, 1.82) is 0 Å². The molecule has 0 radical (unpaired) electrons. The van der Waals surface area contributed by atoms with Gasteiger partial charge in [0.15, 0.2) is 0 Å². The topological polar surface area (TPSA) is 65.5 Å². The number of hydrogen-bond donors (Lipinski definition) is 1. The maximum Gasteiger partial charge on any atom is 0.418 e. The third kappa shape index (κ3) is 5.53. The van der Waals surface area contributed by atoms with Gasteiger partial charge in [-0.15, -0.1) is 0 Å². The highest BCUT2D eigenvalue weighted by atomic mass is 19.4. The lowest BCUT2D eigenvalue weighted by Gasteiger charge is -2.30. The first kappa shape index (κ1) is 22.6. The van der Waals surface area contributed by atoms with E-state index in [0.29, 0.717) is 11.4 Å². The van der Waals surface area contributed by atoms with Gasteiger partial charge in [-0.25, -0.2) is 4.98 Å². The molecule has 2 heterocycles. The van der Waals surface area contributed by atoms with Gasteiger partial charge in [-0.3, -0.25) is 9.59 Å². The van der Waals surface area contributed by atoms with E-state index in [-0.39, 0.29) is 24.7 Å². The number of anilines is 2. The summed E-state index contributed by atoms with van der Waals surface area (Å²) < 4.78 is 39.5. The van der Waals surface area contributed by atoms with Gasteiger partial charge in [0, 0.05) is 25.8 Å². The molecule has 166 valence electrons. The van der Waals surface area contributed by atoms with Crippen molar-refractivity contribution < 1.29 is 22.8 Å². The molecule has 0 spiro atoms. The standard InChI is InChI=1S/C22H25F3N4O2/c1-2-28(15-19(30)27-18-11-5-4-10-17(18)22(23,24)25)21(31)16-9-8-12-26-20(16)29-13-6-3-7-14-29/h4-5,8-12H,2-3,6-7,13-15H2,1H3,(H,27,30). The third-order valence-corrected chi connectivity index (χ3v) is 5.18. The first-order valence-corrected chi connectivity index (χ1v) is 10.3. The van der Waals surface area contributed by atoms with E-state index in [1.807, 2.05) is 0 Å². The summed E-state index contributed by atoms with van der Waals surface area (Å²) in [5.74, 6) is -0.501. The number of pyridine rings is 1. The first-order valence-electron chi connectivity index (χ1n) is 10.3. The van der Waals surface area contributed by atoms with Crippen LogP contribution in [0.5, 0.6) is 0 Å². The Morgan fingerprint density at radius 1 is 1.10 bits per heavy atom. The van der Waals surface area contributed by atoms with E-state index < -0.39 is 17.6 Å². The lowest BCUT2D eigenvalue weighted by atomic mass is 10.1. The Morgan fingerprint density at radius 2 is 1.81 bits per heavy atom. The highest BCUT2D eigenvalue weighted by Crippen LogP contribution is 2.34. The van der Waals surface area contributed by atoms with E-state index in [1.165, 1.54) is 23.1 Å². The van der Waals surface area contributed by atoms with Gasteiger partial charge < -0.3 is 15.1 Å². The lowest BCUT2D eigenvalue weighted by molar-refractivity contribution is -0.137. The maximum absolute atomic E-state index is 13.2. The monoisotopic (exact) mass is 434 g/mol. The highest BCUT2D eigenvalue weighted by Gasteiger charge is 2.33. The fraction of sp³-hybridized carbons (Fsp3) is 0.409. The summed E-state index contributed by atoms with van der Waals surface area (Å²) in [5, 5.41) is 2.29. The predicted molar refractivity (Wildman–Crippen MR) is 112 cm³/mol. The van der Waals surface area contributed by atoms with E-state index in [2.05, 4.69) is 15.2 Å². The molecular formula is C22H25F3N4O2. The number of rotatable bonds is 6. The van der Waals surface area contributed by atoms with Crippen LogP contribution in [0.2, 0.25) is 0 Å². The molecule has 0 bridgehead atoms. The molecule has 2 amide bonds. The number of piperidine rings is 1. The van der Waals surface area contributed by atoms with Crippen molar-refractivity contribution in [2.45, 2.75) is 32.4 Å². The number of carbonyl (C=O) groups is 2. The predicted octanol–water partition coefficient (Wildman–Crippen LogP) is 4.19. The van der Waals surface area contributed by atoms with Crippen molar-refractivity contribution in [3.63, 3.8) is 0 Å². The van der Waals surface area contributed by atoms with Gasteiger partial charge >= 0.3 is 6.18 Å².